The molecule has 20 heavy (non-hydrogen) atoms. The summed E-state index contributed by atoms with van der Waals surface area (Å²) in [5, 5.41) is 9.12. The highest BCUT2D eigenvalue weighted by molar-refractivity contribution is 7.92. The molecule has 0 amide bonds. The maximum Gasteiger partial charge on any atom is 0.265 e. The minimum Gasteiger partial charge on any atom is -0.398 e. The highest BCUT2D eigenvalue weighted by Gasteiger charge is 2.18. The van der Waals surface area contributed by atoms with E-state index in [1.165, 1.54) is 36.5 Å². The summed E-state index contributed by atoms with van der Waals surface area (Å²) in [5.74, 6) is 0.123. The number of halogens is 1. The predicted octanol–water partition coefficient (Wildman–Crippen LogP) is 1.99. The summed E-state index contributed by atoms with van der Waals surface area (Å²) in [4.78, 5) is 3.72. The van der Waals surface area contributed by atoms with Crippen LogP contribution in [-0.2, 0) is 10.0 Å². The van der Waals surface area contributed by atoms with Crippen LogP contribution in [0.2, 0.25) is 5.02 Å². The third kappa shape index (κ3) is 2.99. The van der Waals surface area contributed by atoms with E-state index in [1.807, 2.05) is 6.07 Å². The van der Waals surface area contributed by atoms with Gasteiger partial charge in [0.1, 0.15) is 10.7 Å². The van der Waals surface area contributed by atoms with Crippen molar-refractivity contribution in [2.45, 2.75) is 4.90 Å². The summed E-state index contributed by atoms with van der Waals surface area (Å²) in [7, 11) is -3.87. The molecule has 0 atom stereocenters. The molecule has 102 valence electrons. The van der Waals surface area contributed by atoms with Gasteiger partial charge in [-0.15, -0.1) is 0 Å². The maximum atomic E-state index is 12.2. The van der Waals surface area contributed by atoms with Gasteiger partial charge < -0.3 is 5.73 Å². The van der Waals surface area contributed by atoms with Gasteiger partial charge in [-0.25, -0.2) is 13.4 Å². The second kappa shape index (κ2) is 5.36. The molecular formula is C12H9ClN4O2S. The van der Waals surface area contributed by atoms with Crippen LogP contribution in [0.15, 0.2) is 41.4 Å². The van der Waals surface area contributed by atoms with Crippen LogP contribution in [0.25, 0.3) is 0 Å². The summed E-state index contributed by atoms with van der Waals surface area (Å²) in [6.07, 6.45) is 1.32. The van der Waals surface area contributed by atoms with Crippen molar-refractivity contribution in [3.8, 4) is 6.07 Å². The first kappa shape index (κ1) is 14.1. The quantitative estimate of drug-likeness (QED) is 0.843. The highest BCUT2D eigenvalue weighted by Crippen LogP contribution is 2.22. The number of hydrogen-bond donors (Lipinski definition) is 2. The molecule has 0 spiro atoms. The van der Waals surface area contributed by atoms with Crippen molar-refractivity contribution in [1.29, 1.82) is 5.26 Å². The van der Waals surface area contributed by atoms with Gasteiger partial charge in [0.15, 0.2) is 0 Å². The Labute approximate surface area is 120 Å². The molecule has 0 unspecified atom stereocenters. The number of nitrogen functional groups attached to an aromatic ring is 1. The van der Waals surface area contributed by atoms with E-state index in [1.54, 1.807) is 0 Å². The Morgan fingerprint density at radius 3 is 2.60 bits per heavy atom. The summed E-state index contributed by atoms with van der Waals surface area (Å²) in [5.41, 5.74) is 5.92. The lowest BCUT2D eigenvalue weighted by Gasteiger charge is -2.09. The van der Waals surface area contributed by atoms with Crippen molar-refractivity contribution in [3.05, 3.63) is 47.1 Å². The van der Waals surface area contributed by atoms with Crippen molar-refractivity contribution in [1.82, 2.24) is 4.98 Å². The minimum absolute atomic E-state index is 0.00878. The molecule has 3 N–H and O–H groups in total. The molecule has 0 aliphatic carbocycles. The number of rotatable bonds is 3. The third-order valence-electron chi connectivity index (χ3n) is 2.39. The van der Waals surface area contributed by atoms with Crippen LogP contribution in [0.4, 0.5) is 11.5 Å². The number of anilines is 2. The number of sulfonamides is 1. The normalized spacial score (nSPS) is 10.8. The number of nitrogens with one attached hydrogen (secondary N) is 1. The van der Waals surface area contributed by atoms with Crippen LogP contribution in [-0.4, -0.2) is 13.4 Å². The zero-order valence-corrected chi connectivity index (χ0v) is 11.6. The monoisotopic (exact) mass is 308 g/mol. The number of aromatic nitrogens is 1. The maximum absolute atomic E-state index is 12.2. The predicted molar refractivity (Wildman–Crippen MR) is 75.6 cm³/mol. The first-order valence-electron chi connectivity index (χ1n) is 5.36. The number of benzene rings is 1. The lowest BCUT2D eigenvalue weighted by Crippen LogP contribution is -2.15. The summed E-state index contributed by atoms with van der Waals surface area (Å²) >= 11 is 5.67. The zero-order valence-electron chi connectivity index (χ0n) is 10.0. The molecule has 1 heterocycles. The molecule has 1 aromatic heterocycles. The number of nitriles is 1. The Bertz CT molecular complexity index is 782. The molecule has 0 radical (unpaired) electrons. The Morgan fingerprint density at radius 2 is 2.05 bits per heavy atom. The van der Waals surface area contributed by atoms with Gasteiger partial charge in [-0.05, 0) is 30.3 Å². The largest absolute Gasteiger partial charge is 0.398 e. The fourth-order valence-electron chi connectivity index (χ4n) is 1.49. The molecule has 0 aliphatic rings. The Balaban J connectivity index is 2.36. The molecule has 0 saturated heterocycles. The number of pyridine rings is 1. The first-order valence-corrected chi connectivity index (χ1v) is 7.22. The molecular weight excluding hydrogens is 300 g/mol. The van der Waals surface area contributed by atoms with Crippen molar-refractivity contribution >= 4 is 33.1 Å². The van der Waals surface area contributed by atoms with Gasteiger partial charge in [-0.1, -0.05) is 11.6 Å². The number of hydrogen-bond acceptors (Lipinski definition) is 5. The lowest BCUT2D eigenvalue weighted by atomic mass is 10.2. The Kier molecular flexibility index (Phi) is 3.79. The van der Waals surface area contributed by atoms with Gasteiger partial charge in [0.2, 0.25) is 0 Å². The third-order valence-corrected chi connectivity index (χ3v) is 4.05. The molecule has 2 aromatic rings. The molecule has 0 bridgehead atoms. The van der Waals surface area contributed by atoms with Crippen molar-refractivity contribution in [3.63, 3.8) is 0 Å². The van der Waals surface area contributed by atoms with Gasteiger partial charge in [0, 0.05) is 6.20 Å². The molecule has 8 heteroatoms. The van der Waals surface area contributed by atoms with Crippen LogP contribution in [0.5, 0.6) is 0 Å². The number of nitrogens with two attached hydrogens (primary N) is 1. The van der Waals surface area contributed by atoms with Crippen LogP contribution >= 0.6 is 11.6 Å². The van der Waals surface area contributed by atoms with Crippen molar-refractivity contribution < 1.29 is 8.42 Å². The molecule has 2 rings (SSSR count). The minimum atomic E-state index is -3.87. The first-order chi connectivity index (χ1) is 9.42. The molecule has 1 aromatic carbocycles. The van der Waals surface area contributed by atoms with E-state index in [-0.39, 0.29) is 22.0 Å². The van der Waals surface area contributed by atoms with E-state index >= 15 is 0 Å². The van der Waals surface area contributed by atoms with Gasteiger partial charge >= 0.3 is 0 Å². The van der Waals surface area contributed by atoms with Crippen LogP contribution in [0, 0.1) is 11.3 Å². The number of nitrogens with zero attached hydrogens (tertiary/aromatic N) is 2. The van der Waals surface area contributed by atoms with Gasteiger partial charge in [-0.2, -0.15) is 5.26 Å². The fourth-order valence-corrected chi connectivity index (χ4v) is 2.73. The van der Waals surface area contributed by atoms with Crippen molar-refractivity contribution in [2.75, 3.05) is 10.5 Å². The summed E-state index contributed by atoms with van der Waals surface area (Å²) < 4.78 is 26.6. The van der Waals surface area contributed by atoms with E-state index in [0.29, 0.717) is 5.02 Å². The van der Waals surface area contributed by atoms with Crippen LogP contribution in [0.3, 0.4) is 0 Å². The van der Waals surface area contributed by atoms with E-state index < -0.39 is 10.0 Å². The second-order valence-corrected chi connectivity index (χ2v) is 5.92. The smallest absolute Gasteiger partial charge is 0.265 e. The van der Waals surface area contributed by atoms with E-state index in [2.05, 4.69) is 9.71 Å². The Morgan fingerprint density at radius 1 is 1.30 bits per heavy atom. The second-order valence-electron chi connectivity index (χ2n) is 3.83. The highest BCUT2D eigenvalue weighted by atomic mass is 35.5. The standard InChI is InChI=1S/C12H9ClN4O2S/c13-9-2-4-12(16-7-9)17-20(18,19)11-3-1-8(6-14)5-10(11)15/h1-5,7H,15H2,(H,16,17). The fraction of sp³-hybridized carbons (Fsp3) is 0. The van der Waals surface area contributed by atoms with E-state index in [9.17, 15) is 8.42 Å². The average molecular weight is 309 g/mol. The van der Waals surface area contributed by atoms with Crippen molar-refractivity contribution in [2.24, 2.45) is 0 Å². The van der Waals surface area contributed by atoms with Crippen LogP contribution < -0.4 is 10.5 Å². The zero-order chi connectivity index (χ0) is 14.8. The molecule has 0 aliphatic heterocycles. The van der Waals surface area contributed by atoms with E-state index in [4.69, 9.17) is 22.6 Å². The lowest BCUT2D eigenvalue weighted by molar-refractivity contribution is 0.601. The summed E-state index contributed by atoms with van der Waals surface area (Å²) in [6.45, 7) is 0. The Hall–Kier alpha value is -2.30. The van der Waals surface area contributed by atoms with Gasteiger partial charge in [0.05, 0.1) is 22.3 Å². The SMILES string of the molecule is N#Cc1ccc(S(=O)(=O)Nc2ccc(Cl)cn2)c(N)c1. The summed E-state index contributed by atoms with van der Waals surface area (Å²) in [6, 6.07) is 8.76. The van der Waals surface area contributed by atoms with E-state index in [0.717, 1.165) is 0 Å². The molecule has 0 saturated carbocycles. The molecule has 0 fully saturated rings. The topological polar surface area (TPSA) is 109 Å². The van der Waals surface area contributed by atoms with Crippen LogP contribution in [0.1, 0.15) is 5.56 Å². The van der Waals surface area contributed by atoms with Gasteiger partial charge in [-0.3, -0.25) is 4.72 Å². The van der Waals surface area contributed by atoms with Gasteiger partial charge in [0.25, 0.3) is 10.0 Å². The average Bonchev–Trinajstić information content (AvgIpc) is 2.40. The molecule has 6 nitrogen and oxygen atoms in total.